The van der Waals surface area contributed by atoms with Gasteiger partial charge in [0, 0.05) is 17.1 Å². The Bertz CT molecular complexity index is 1120. The fraction of sp³-hybridized carbons (Fsp3) is 0.107. The first-order valence-electron chi connectivity index (χ1n) is 10.4. The van der Waals surface area contributed by atoms with Crippen LogP contribution in [0.25, 0.3) is 0 Å². The lowest BCUT2D eigenvalue weighted by molar-refractivity contribution is 0.0735. The Balaban J connectivity index is 1.62. The van der Waals surface area contributed by atoms with E-state index in [0.717, 1.165) is 17.1 Å². The van der Waals surface area contributed by atoms with Crippen molar-refractivity contribution in [1.82, 2.24) is 0 Å². The number of esters is 1. The molecule has 0 aliphatic carbocycles. The quantitative estimate of drug-likeness (QED) is 0.245. The van der Waals surface area contributed by atoms with E-state index >= 15 is 0 Å². The molecule has 0 aliphatic heterocycles. The molecule has 0 bridgehead atoms. The topological polar surface area (TPSA) is 29.5 Å². The van der Waals surface area contributed by atoms with Crippen molar-refractivity contribution in [3.05, 3.63) is 120 Å². The SMILES string of the molecule is CC(C)c1ccc(N(c2ccccc2)c2ccc(OC(=O)c3ccccc3)cc2)cc1. The monoisotopic (exact) mass is 407 g/mol. The minimum atomic E-state index is -0.363. The summed E-state index contributed by atoms with van der Waals surface area (Å²) in [6.45, 7) is 4.39. The van der Waals surface area contributed by atoms with Crippen LogP contribution in [0.3, 0.4) is 0 Å². The molecule has 3 heteroatoms. The van der Waals surface area contributed by atoms with Gasteiger partial charge in [-0.25, -0.2) is 4.79 Å². The molecule has 154 valence electrons. The predicted octanol–water partition coefficient (Wildman–Crippen LogP) is 7.50. The molecule has 0 aromatic heterocycles. The molecule has 3 nitrogen and oxygen atoms in total. The van der Waals surface area contributed by atoms with Crippen molar-refractivity contribution >= 4 is 23.0 Å². The van der Waals surface area contributed by atoms with Crippen LogP contribution in [0.1, 0.15) is 35.7 Å². The van der Waals surface area contributed by atoms with Crippen molar-refractivity contribution in [3.8, 4) is 5.75 Å². The molecule has 0 atom stereocenters. The predicted molar refractivity (Wildman–Crippen MR) is 127 cm³/mol. The number of carbonyl (C=O) groups excluding carboxylic acids is 1. The summed E-state index contributed by atoms with van der Waals surface area (Å²) in [7, 11) is 0. The maximum Gasteiger partial charge on any atom is 0.343 e. The lowest BCUT2D eigenvalue weighted by atomic mass is 10.0. The Morgan fingerprint density at radius 2 is 1.13 bits per heavy atom. The second-order valence-electron chi connectivity index (χ2n) is 7.67. The zero-order valence-corrected chi connectivity index (χ0v) is 17.7. The van der Waals surface area contributed by atoms with Gasteiger partial charge in [0.15, 0.2) is 0 Å². The van der Waals surface area contributed by atoms with Crippen LogP contribution < -0.4 is 9.64 Å². The summed E-state index contributed by atoms with van der Waals surface area (Å²) in [6, 6.07) is 35.5. The summed E-state index contributed by atoms with van der Waals surface area (Å²) < 4.78 is 5.53. The van der Waals surface area contributed by atoms with Gasteiger partial charge in [-0.15, -0.1) is 0 Å². The molecule has 0 saturated carbocycles. The first-order chi connectivity index (χ1) is 15.1. The fourth-order valence-electron chi connectivity index (χ4n) is 3.44. The molecule has 0 saturated heterocycles. The molecule has 0 spiro atoms. The first-order valence-corrected chi connectivity index (χ1v) is 10.4. The van der Waals surface area contributed by atoms with E-state index in [1.54, 1.807) is 12.1 Å². The van der Waals surface area contributed by atoms with Gasteiger partial charge in [-0.1, -0.05) is 62.4 Å². The third kappa shape index (κ3) is 4.84. The van der Waals surface area contributed by atoms with E-state index in [-0.39, 0.29) is 5.97 Å². The van der Waals surface area contributed by atoms with E-state index < -0.39 is 0 Å². The Kier molecular flexibility index (Phi) is 6.13. The van der Waals surface area contributed by atoms with E-state index in [1.807, 2.05) is 60.7 Å². The number of hydrogen-bond acceptors (Lipinski definition) is 3. The van der Waals surface area contributed by atoms with Crippen LogP contribution in [0.5, 0.6) is 5.75 Å². The minimum Gasteiger partial charge on any atom is -0.423 e. The van der Waals surface area contributed by atoms with Gasteiger partial charge in [-0.2, -0.15) is 0 Å². The molecule has 31 heavy (non-hydrogen) atoms. The molecule has 4 aromatic rings. The number of ether oxygens (including phenoxy) is 1. The third-order valence-electron chi connectivity index (χ3n) is 5.15. The molecule has 0 heterocycles. The third-order valence-corrected chi connectivity index (χ3v) is 5.15. The summed E-state index contributed by atoms with van der Waals surface area (Å²) >= 11 is 0. The van der Waals surface area contributed by atoms with Crippen molar-refractivity contribution in [3.63, 3.8) is 0 Å². The zero-order chi connectivity index (χ0) is 21.6. The van der Waals surface area contributed by atoms with Gasteiger partial charge < -0.3 is 9.64 Å². The highest BCUT2D eigenvalue weighted by molar-refractivity contribution is 5.91. The van der Waals surface area contributed by atoms with Gasteiger partial charge >= 0.3 is 5.97 Å². The second kappa shape index (κ2) is 9.31. The van der Waals surface area contributed by atoms with Gasteiger partial charge in [0.25, 0.3) is 0 Å². The Hall–Kier alpha value is -3.85. The molecule has 4 rings (SSSR count). The molecule has 0 amide bonds. The molecular weight excluding hydrogens is 382 g/mol. The highest BCUT2D eigenvalue weighted by atomic mass is 16.5. The molecule has 4 aromatic carbocycles. The molecule has 0 unspecified atom stereocenters. The van der Waals surface area contributed by atoms with Crippen molar-refractivity contribution < 1.29 is 9.53 Å². The normalized spacial score (nSPS) is 10.7. The number of nitrogens with zero attached hydrogens (tertiary/aromatic N) is 1. The molecule has 0 aliphatic rings. The van der Waals surface area contributed by atoms with Crippen molar-refractivity contribution in [1.29, 1.82) is 0 Å². The standard InChI is InChI=1S/C28H25NO2/c1-21(2)22-13-15-25(16-14-22)29(24-11-7-4-8-12-24)26-17-19-27(20-18-26)31-28(30)23-9-5-3-6-10-23/h3-21H,1-2H3. The fourth-order valence-corrected chi connectivity index (χ4v) is 3.44. The highest BCUT2D eigenvalue weighted by Crippen LogP contribution is 2.35. The van der Waals surface area contributed by atoms with Crippen LogP contribution in [-0.4, -0.2) is 5.97 Å². The van der Waals surface area contributed by atoms with E-state index in [1.165, 1.54) is 5.56 Å². The van der Waals surface area contributed by atoms with Gasteiger partial charge in [0.2, 0.25) is 0 Å². The molecule has 0 fully saturated rings. The van der Waals surface area contributed by atoms with Crippen molar-refractivity contribution in [2.45, 2.75) is 19.8 Å². The highest BCUT2D eigenvalue weighted by Gasteiger charge is 2.14. The number of rotatable bonds is 6. The van der Waals surface area contributed by atoms with Gasteiger partial charge in [0.05, 0.1) is 5.56 Å². The minimum absolute atomic E-state index is 0.363. The van der Waals surface area contributed by atoms with E-state index in [9.17, 15) is 4.79 Å². The smallest absolute Gasteiger partial charge is 0.343 e. The summed E-state index contributed by atoms with van der Waals surface area (Å²) in [4.78, 5) is 14.5. The lowest BCUT2D eigenvalue weighted by Crippen LogP contribution is -2.11. The average molecular weight is 408 g/mol. The Morgan fingerprint density at radius 1 is 0.645 bits per heavy atom. The zero-order valence-electron chi connectivity index (χ0n) is 17.7. The van der Waals surface area contributed by atoms with E-state index in [2.05, 4.69) is 55.1 Å². The molecule has 0 radical (unpaired) electrons. The lowest BCUT2D eigenvalue weighted by Gasteiger charge is -2.26. The maximum absolute atomic E-state index is 12.3. The number of carbonyl (C=O) groups is 1. The van der Waals surface area contributed by atoms with Crippen LogP contribution in [0, 0.1) is 0 Å². The van der Waals surface area contributed by atoms with Gasteiger partial charge in [0.1, 0.15) is 5.75 Å². The van der Waals surface area contributed by atoms with Crippen molar-refractivity contribution in [2.75, 3.05) is 4.90 Å². The second-order valence-corrected chi connectivity index (χ2v) is 7.67. The summed E-state index contributed by atoms with van der Waals surface area (Å²) in [6.07, 6.45) is 0. The van der Waals surface area contributed by atoms with Crippen LogP contribution in [0.4, 0.5) is 17.1 Å². The van der Waals surface area contributed by atoms with E-state index in [4.69, 9.17) is 4.74 Å². The number of benzene rings is 4. The summed E-state index contributed by atoms with van der Waals surface area (Å²) in [5, 5.41) is 0. The summed E-state index contributed by atoms with van der Waals surface area (Å²) in [5.41, 5.74) is 4.96. The van der Waals surface area contributed by atoms with E-state index in [0.29, 0.717) is 17.2 Å². The van der Waals surface area contributed by atoms with Crippen LogP contribution >= 0.6 is 0 Å². The Labute approximate surface area is 183 Å². The van der Waals surface area contributed by atoms with Gasteiger partial charge in [-0.05, 0) is 72.1 Å². The number of anilines is 3. The van der Waals surface area contributed by atoms with Crippen LogP contribution in [0.2, 0.25) is 0 Å². The average Bonchev–Trinajstić information content (AvgIpc) is 2.82. The summed E-state index contributed by atoms with van der Waals surface area (Å²) in [5.74, 6) is 0.635. The molecular formula is C28H25NO2. The Morgan fingerprint density at radius 3 is 1.68 bits per heavy atom. The molecule has 0 N–H and O–H groups in total. The first kappa shape index (κ1) is 20.4. The van der Waals surface area contributed by atoms with Crippen LogP contribution in [0.15, 0.2) is 109 Å². The maximum atomic E-state index is 12.3. The van der Waals surface area contributed by atoms with Crippen molar-refractivity contribution in [2.24, 2.45) is 0 Å². The largest absolute Gasteiger partial charge is 0.423 e. The number of hydrogen-bond donors (Lipinski definition) is 0. The van der Waals surface area contributed by atoms with Gasteiger partial charge in [-0.3, -0.25) is 0 Å². The number of para-hydroxylation sites is 1. The van der Waals surface area contributed by atoms with Crippen LogP contribution in [-0.2, 0) is 0 Å².